The number of thiocarbonyl (C=S) groups is 2. The van der Waals surface area contributed by atoms with E-state index in [0.717, 1.165) is 0 Å². The Bertz CT molecular complexity index is 551. The van der Waals surface area contributed by atoms with Crippen LogP contribution in [0, 0.1) is 0 Å². The minimum Gasteiger partial charge on any atom is -0.497 e. The van der Waals surface area contributed by atoms with Gasteiger partial charge in [-0.2, -0.15) is 0 Å². The number of carboxylic acids is 1. The second-order valence-corrected chi connectivity index (χ2v) is 5.31. The molecule has 1 rings (SSSR count). The Morgan fingerprint density at radius 3 is 2.05 bits per heavy atom. The van der Waals surface area contributed by atoms with Gasteiger partial charge in [0.05, 0.1) is 20.0 Å². The first-order chi connectivity index (χ1) is 9.90. The first kappa shape index (κ1) is 17.2. The van der Waals surface area contributed by atoms with E-state index in [1.165, 1.54) is 0 Å². The van der Waals surface area contributed by atoms with Gasteiger partial charge in [-0.3, -0.25) is 9.59 Å². The van der Waals surface area contributed by atoms with Crippen molar-refractivity contribution in [2.24, 2.45) is 0 Å². The molecule has 0 atom stereocenters. The van der Waals surface area contributed by atoms with E-state index in [0.29, 0.717) is 21.2 Å². The molecule has 0 saturated carbocycles. The van der Waals surface area contributed by atoms with Gasteiger partial charge in [-0.05, 0) is 24.3 Å². The minimum atomic E-state index is -1.01. The molecule has 1 N–H and O–H groups in total. The van der Waals surface area contributed by atoms with Gasteiger partial charge in [-0.1, -0.05) is 24.4 Å². The Labute approximate surface area is 132 Å². The third-order valence-corrected chi connectivity index (χ3v) is 2.95. The Morgan fingerprint density at radius 1 is 1.00 bits per heavy atom. The number of esters is 1. The van der Waals surface area contributed by atoms with Crippen LogP contribution in [0.5, 0.6) is 11.5 Å². The maximum atomic E-state index is 11.7. The summed E-state index contributed by atoms with van der Waals surface area (Å²) >= 11 is 9.90. The molecule has 0 saturated heterocycles. The zero-order valence-corrected chi connectivity index (χ0v) is 13.0. The molecule has 0 aromatic heterocycles. The largest absolute Gasteiger partial charge is 0.497 e. The summed E-state index contributed by atoms with van der Waals surface area (Å²) in [5, 5.41) is 8.58. The van der Waals surface area contributed by atoms with Crippen molar-refractivity contribution in [3.8, 4) is 11.5 Å². The molecular formula is C14H14O5S2. The van der Waals surface area contributed by atoms with Crippen LogP contribution in [-0.2, 0) is 9.59 Å². The van der Waals surface area contributed by atoms with Crippen LogP contribution >= 0.6 is 24.4 Å². The van der Waals surface area contributed by atoms with Gasteiger partial charge in [-0.15, -0.1) is 0 Å². The normalized spacial score (nSPS) is 9.76. The summed E-state index contributed by atoms with van der Waals surface area (Å²) < 4.78 is 10.1. The van der Waals surface area contributed by atoms with Crippen molar-refractivity contribution < 1.29 is 24.2 Å². The average molecular weight is 326 g/mol. The van der Waals surface area contributed by atoms with Crippen LogP contribution in [0.15, 0.2) is 24.3 Å². The number of hydrogen-bond donors (Lipinski definition) is 1. The Kier molecular flexibility index (Phi) is 6.90. The number of ether oxygens (including phenoxy) is 2. The zero-order valence-electron chi connectivity index (χ0n) is 11.3. The Morgan fingerprint density at radius 2 is 1.52 bits per heavy atom. The monoisotopic (exact) mass is 326 g/mol. The van der Waals surface area contributed by atoms with Crippen LogP contribution in [-0.4, -0.2) is 33.9 Å². The van der Waals surface area contributed by atoms with Gasteiger partial charge in [0.2, 0.25) is 0 Å². The van der Waals surface area contributed by atoms with Gasteiger partial charge in [0, 0.05) is 16.1 Å². The topological polar surface area (TPSA) is 72.8 Å². The van der Waals surface area contributed by atoms with Crippen molar-refractivity contribution in [1.29, 1.82) is 0 Å². The first-order valence-corrected chi connectivity index (χ1v) is 6.82. The van der Waals surface area contributed by atoms with Crippen LogP contribution in [0.25, 0.3) is 0 Å². The van der Waals surface area contributed by atoms with Crippen molar-refractivity contribution in [3.63, 3.8) is 0 Å². The molecule has 0 amide bonds. The van der Waals surface area contributed by atoms with Crippen LogP contribution < -0.4 is 9.47 Å². The molecule has 1 aromatic carbocycles. The molecule has 0 aliphatic carbocycles. The average Bonchev–Trinajstić information content (AvgIpc) is 2.37. The van der Waals surface area contributed by atoms with E-state index >= 15 is 0 Å². The fraction of sp³-hybridized carbons (Fsp3) is 0.286. The SMILES string of the molecule is COc1ccc(OC(=O)CC(=S)CC(=S)CC(=O)O)cc1. The highest BCUT2D eigenvalue weighted by Crippen LogP contribution is 2.17. The third-order valence-electron chi connectivity index (χ3n) is 2.38. The number of methoxy groups -OCH3 is 1. The van der Waals surface area contributed by atoms with Gasteiger partial charge in [0.1, 0.15) is 11.5 Å². The highest BCUT2D eigenvalue weighted by atomic mass is 32.1. The maximum absolute atomic E-state index is 11.7. The number of carbonyl (C=O) groups excluding carboxylic acids is 1. The molecule has 0 aliphatic heterocycles. The number of benzene rings is 1. The van der Waals surface area contributed by atoms with E-state index in [-0.39, 0.29) is 19.3 Å². The van der Waals surface area contributed by atoms with Gasteiger partial charge in [0.25, 0.3) is 0 Å². The maximum Gasteiger partial charge on any atom is 0.316 e. The molecule has 0 spiro atoms. The highest BCUT2D eigenvalue weighted by molar-refractivity contribution is 7.82. The highest BCUT2D eigenvalue weighted by Gasteiger charge is 2.12. The number of aliphatic carboxylic acids is 1. The lowest BCUT2D eigenvalue weighted by molar-refractivity contribution is -0.135. The molecule has 21 heavy (non-hydrogen) atoms. The molecule has 7 heteroatoms. The van der Waals surface area contributed by atoms with Crippen LogP contribution in [0.2, 0.25) is 0 Å². The van der Waals surface area contributed by atoms with E-state index in [2.05, 4.69) is 0 Å². The number of carboxylic acid groups (broad SMARTS) is 1. The lowest BCUT2D eigenvalue weighted by Crippen LogP contribution is -2.16. The predicted molar refractivity (Wildman–Crippen MR) is 85.3 cm³/mol. The predicted octanol–water partition coefficient (Wildman–Crippen LogP) is 2.60. The smallest absolute Gasteiger partial charge is 0.316 e. The second kappa shape index (κ2) is 8.43. The van der Waals surface area contributed by atoms with E-state index in [1.807, 2.05) is 0 Å². The van der Waals surface area contributed by atoms with Gasteiger partial charge in [-0.25, -0.2) is 0 Å². The van der Waals surface area contributed by atoms with Crippen molar-refractivity contribution in [2.75, 3.05) is 7.11 Å². The molecule has 1 aromatic rings. The third kappa shape index (κ3) is 6.92. The summed E-state index contributed by atoms with van der Waals surface area (Å²) in [4.78, 5) is 22.8. The lowest BCUT2D eigenvalue weighted by Gasteiger charge is -2.06. The fourth-order valence-corrected chi connectivity index (χ4v) is 2.17. The molecule has 0 aliphatic rings. The Balaban J connectivity index is 2.43. The van der Waals surface area contributed by atoms with E-state index < -0.39 is 11.9 Å². The number of carbonyl (C=O) groups is 2. The van der Waals surface area contributed by atoms with Crippen molar-refractivity contribution >= 4 is 46.1 Å². The lowest BCUT2D eigenvalue weighted by atomic mass is 10.1. The summed E-state index contributed by atoms with van der Waals surface area (Å²) in [6, 6.07) is 6.55. The fourth-order valence-electron chi connectivity index (χ4n) is 1.49. The first-order valence-electron chi connectivity index (χ1n) is 6.00. The molecular weight excluding hydrogens is 312 g/mol. The molecule has 0 heterocycles. The number of hydrogen-bond acceptors (Lipinski definition) is 6. The van der Waals surface area contributed by atoms with Gasteiger partial charge in [0.15, 0.2) is 0 Å². The summed E-state index contributed by atoms with van der Waals surface area (Å²) in [5.41, 5.74) is 0. The van der Waals surface area contributed by atoms with E-state index in [1.54, 1.807) is 31.4 Å². The number of rotatable bonds is 8. The standard InChI is InChI=1S/C14H14O5S2/c1-18-9-2-4-10(5-3-9)19-14(17)8-12(21)6-11(20)7-13(15)16/h2-5H,6-8H2,1H3,(H,15,16). The molecule has 112 valence electrons. The van der Waals surface area contributed by atoms with Gasteiger partial charge >= 0.3 is 11.9 Å². The van der Waals surface area contributed by atoms with Crippen molar-refractivity contribution in [3.05, 3.63) is 24.3 Å². The molecule has 5 nitrogen and oxygen atoms in total. The molecule has 0 fully saturated rings. The minimum absolute atomic E-state index is 0.0822. The summed E-state index contributed by atoms with van der Waals surface area (Å²) in [5.74, 6) is -0.479. The summed E-state index contributed by atoms with van der Waals surface area (Å²) in [6.07, 6.45) is -0.168. The summed E-state index contributed by atoms with van der Waals surface area (Å²) in [7, 11) is 1.54. The second-order valence-electron chi connectivity index (χ2n) is 4.15. The van der Waals surface area contributed by atoms with Gasteiger partial charge < -0.3 is 14.6 Å². The molecule has 0 bridgehead atoms. The van der Waals surface area contributed by atoms with E-state index in [9.17, 15) is 9.59 Å². The molecule has 0 unspecified atom stereocenters. The van der Waals surface area contributed by atoms with E-state index in [4.69, 9.17) is 39.0 Å². The Hall–Kier alpha value is -1.86. The van der Waals surface area contributed by atoms with Crippen molar-refractivity contribution in [1.82, 2.24) is 0 Å². The zero-order chi connectivity index (χ0) is 15.8. The van der Waals surface area contributed by atoms with Crippen LogP contribution in [0.4, 0.5) is 0 Å². The molecule has 0 radical (unpaired) electrons. The quantitative estimate of drug-likeness (QED) is 0.447. The van der Waals surface area contributed by atoms with Crippen LogP contribution in [0.3, 0.4) is 0 Å². The van der Waals surface area contributed by atoms with Crippen molar-refractivity contribution in [2.45, 2.75) is 19.3 Å². The van der Waals surface area contributed by atoms with Crippen LogP contribution in [0.1, 0.15) is 19.3 Å². The summed E-state index contributed by atoms with van der Waals surface area (Å²) in [6.45, 7) is 0.